The van der Waals surface area contributed by atoms with Crippen LogP contribution in [0.1, 0.15) is 37.9 Å². The van der Waals surface area contributed by atoms with Gasteiger partial charge in [-0.2, -0.15) is 0 Å². The molecule has 0 unspecified atom stereocenters. The molecule has 2 rings (SSSR count). The maximum atomic E-state index is 12.3. The molecule has 0 aromatic heterocycles. The van der Waals surface area contributed by atoms with E-state index in [9.17, 15) is 4.79 Å². The molecule has 0 radical (unpaired) electrons. The monoisotopic (exact) mass is 441 g/mol. The van der Waals surface area contributed by atoms with Gasteiger partial charge in [-0.15, -0.1) is 11.8 Å². The van der Waals surface area contributed by atoms with Crippen LogP contribution in [0.4, 0.5) is 0 Å². The highest BCUT2D eigenvalue weighted by Crippen LogP contribution is 2.31. The first-order chi connectivity index (χ1) is 13.4. The second kappa shape index (κ2) is 11.4. The number of carbonyl (C=O) groups is 1. The van der Waals surface area contributed by atoms with Crippen LogP contribution in [0, 0.1) is 0 Å². The molecule has 0 fully saturated rings. The number of hydrogen-bond acceptors (Lipinski definition) is 4. The number of ether oxygens (including phenoxy) is 2. The number of carbonyl (C=O) groups excluding carboxylic acids is 1. The molecule has 4 nitrogen and oxygen atoms in total. The van der Waals surface area contributed by atoms with Crippen molar-refractivity contribution in [1.82, 2.24) is 5.32 Å². The molecule has 0 aliphatic carbocycles. The van der Waals surface area contributed by atoms with Crippen LogP contribution >= 0.6 is 35.0 Å². The first kappa shape index (κ1) is 22.7. The highest BCUT2D eigenvalue weighted by molar-refractivity contribution is 7.99. The largest absolute Gasteiger partial charge is 0.490 e. The topological polar surface area (TPSA) is 47.6 Å². The molecule has 7 heteroatoms. The van der Waals surface area contributed by atoms with Gasteiger partial charge in [0.1, 0.15) is 0 Å². The molecular formula is C21H25Cl2NO3S. The molecule has 152 valence electrons. The molecule has 0 aliphatic rings. The second-order valence-electron chi connectivity index (χ2n) is 6.10. The number of thioether (sulfide) groups is 1. The van der Waals surface area contributed by atoms with E-state index in [2.05, 4.69) is 5.32 Å². The summed E-state index contributed by atoms with van der Waals surface area (Å²) < 4.78 is 11.2. The van der Waals surface area contributed by atoms with Crippen molar-refractivity contribution in [2.75, 3.05) is 19.0 Å². The predicted octanol–water partition coefficient (Wildman–Crippen LogP) is 5.90. The summed E-state index contributed by atoms with van der Waals surface area (Å²) in [4.78, 5) is 12.3. The Balaban J connectivity index is 1.88. The zero-order valence-corrected chi connectivity index (χ0v) is 18.6. The SMILES string of the molecule is CCOc1ccc([C@@H](C)NC(=O)CSCc2ccc(Cl)c(Cl)c2)cc1OCC. The first-order valence-corrected chi connectivity index (χ1v) is 11.1. The Bertz CT molecular complexity index is 801. The summed E-state index contributed by atoms with van der Waals surface area (Å²) in [6, 6.07) is 11.1. The van der Waals surface area contributed by atoms with E-state index < -0.39 is 0 Å². The quantitative estimate of drug-likeness (QED) is 0.498. The highest BCUT2D eigenvalue weighted by atomic mass is 35.5. The highest BCUT2D eigenvalue weighted by Gasteiger charge is 2.13. The van der Waals surface area contributed by atoms with Crippen molar-refractivity contribution in [1.29, 1.82) is 0 Å². The van der Waals surface area contributed by atoms with Gasteiger partial charge in [-0.25, -0.2) is 0 Å². The van der Waals surface area contributed by atoms with Crippen molar-refractivity contribution in [3.05, 3.63) is 57.6 Å². The van der Waals surface area contributed by atoms with Crippen LogP contribution in [0.15, 0.2) is 36.4 Å². The normalized spacial score (nSPS) is 11.8. The number of amides is 1. The minimum atomic E-state index is -0.132. The third-order valence-corrected chi connectivity index (χ3v) is 5.67. The van der Waals surface area contributed by atoms with Crippen molar-refractivity contribution in [2.24, 2.45) is 0 Å². The minimum Gasteiger partial charge on any atom is -0.490 e. The summed E-state index contributed by atoms with van der Waals surface area (Å²) in [5, 5.41) is 4.08. The van der Waals surface area contributed by atoms with Crippen LogP contribution < -0.4 is 14.8 Å². The fourth-order valence-electron chi connectivity index (χ4n) is 2.59. The molecule has 2 aromatic carbocycles. The van der Waals surface area contributed by atoms with Gasteiger partial charge in [0.2, 0.25) is 5.91 Å². The Hall–Kier alpha value is -1.56. The van der Waals surface area contributed by atoms with Gasteiger partial charge in [-0.05, 0) is 56.2 Å². The van der Waals surface area contributed by atoms with E-state index in [1.165, 1.54) is 11.8 Å². The van der Waals surface area contributed by atoms with Crippen LogP contribution in [0.3, 0.4) is 0 Å². The fraction of sp³-hybridized carbons (Fsp3) is 0.381. The zero-order valence-electron chi connectivity index (χ0n) is 16.3. The van der Waals surface area contributed by atoms with Gasteiger partial charge in [-0.3, -0.25) is 4.79 Å². The molecule has 0 aliphatic heterocycles. The first-order valence-electron chi connectivity index (χ1n) is 9.15. The van der Waals surface area contributed by atoms with Gasteiger partial charge in [0.15, 0.2) is 11.5 Å². The van der Waals surface area contributed by atoms with E-state index in [1.54, 1.807) is 6.07 Å². The molecule has 1 atom stereocenters. The van der Waals surface area contributed by atoms with E-state index in [-0.39, 0.29) is 11.9 Å². The summed E-state index contributed by atoms with van der Waals surface area (Å²) in [5.74, 6) is 2.43. The fourth-order valence-corrected chi connectivity index (χ4v) is 3.70. The third kappa shape index (κ3) is 6.80. The molecule has 0 saturated heterocycles. The Kier molecular flexibility index (Phi) is 9.29. The van der Waals surface area contributed by atoms with Crippen LogP contribution in [-0.4, -0.2) is 24.9 Å². The molecule has 1 amide bonds. The van der Waals surface area contributed by atoms with Gasteiger partial charge >= 0.3 is 0 Å². The lowest BCUT2D eigenvalue weighted by Crippen LogP contribution is -2.28. The number of rotatable bonds is 10. The second-order valence-corrected chi connectivity index (χ2v) is 7.90. The van der Waals surface area contributed by atoms with E-state index in [0.29, 0.717) is 46.3 Å². The average molecular weight is 442 g/mol. The Labute approximate surface area is 180 Å². The van der Waals surface area contributed by atoms with Gasteiger partial charge in [0.05, 0.1) is 35.1 Å². The van der Waals surface area contributed by atoms with Crippen LogP contribution in [0.5, 0.6) is 11.5 Å². The molecular weight excluding hydrogens is 417 g/mol. The zero-order chi connectivity index (χ0) is 20.5. The molecule has 0 bridgehead atoms. The van der Waals surface area contributed by atoms with Gasteiger partial charge in [0.25, 0.3) is 0 Å². The summed E-state index contributed by atoms with van der Waals surface area (Å²) >= 11 is 13.5. The van der Waals surface area contributed by atoms with E-state index in [0.717, 1.165) is 11.1 Å². The summed E-state index contributed by atoms with van der Waals surface area (Å²) in [6.07, 6.45) is 0. The maximum Gasteiger partial charge on any atom is 0.230 e. The van der Waals surface area contributed by atoms with Crippen LogP contribution in [0.2, 0.25) is 10.0 Å². The van der Waals surface area contributed by atoms with Crippen molar-refractivity contribution >= 4 is 40.9 Å². The van der Waals surface area contributed by atoms with E-state index in [4.69, 9.17) is 32.7 Å². The molecule has 2 aromatic rings. The molecule has 0 heterocycles. The van der Waals surface area contributed by atoms with Gasteiger partial charge in [-0.1, -0.05) is 35.3 Å². The Morgan fingerprint density at radius 1 is 1.04 bits per heavy atom. The molecule has 28 heavy (non-hydrogen) atoms. The minimum absolute atomic E-state index is 0.0237. The number of halogens is 2. The van der Waals surface area contributed by atoms with Crippen molar-refractivity contribution in [2.45, 2.75) is 32.6 Å². The van der Waals surface area contributed by atoms with Crippen LogP contribution in [-0.2, 0) is 10.5 Å². The summed E-state index contributed by atoms with van der Waals surface area (Å²) in [5.41, 5.74) is 2.00. The Morgan fingerprint density at radius 2 is 1.75 bits per heavy atom. The summed E-state index contributed by atoms with van der Waals surface area (Å²) in [7, 11) is 0. The van der Waals surface area contributed by atoms with Crippen molar-refractivity contribution < 1.29 is 14.3 Å². The van der Waals surface area contributed by atoms with Gasteiger partial charge < -0.3 is 14.8 Å². The third-order valence-electron chi connectivity index (χ3n) is 3.93. The summed E-state index contributed by atoms with van der Waals surface area (Å²) in [6.45, 7) is 6.94. The lowest BCUT2D eigenvalue weighted by molar-refractivity contribution is -0.119. The lowest BCUT2D eigenvalue weighted by Gasteiger charge is -2.17. The smallest absolute Gasteiger partial charge is 0.230 e. The van der Waals surface area contributed by atoms with E-state index >= 15 is 0 Å². The lowest BCUT2D eigenvalue weighted by atomic mass is 10.1. The van der Waals surface area contributed by atoms with Crippen molar-refractivity contribution in [3.63, 3.8) is 0 Å². The molecule has 1 N–H and O–H groups in total. The number of nitrogens with one attached hydrogen (secondary N) is 1. The molecule has 0 spiro atoms. The van der Waals surface area contributed by atoms with Crippen molar-refractivity contribution in [3.8, 4) is 11.5 Å². The van der Waals surface area contributed by atoms with Gasteiger partial charge in [0, 0.05) is 5.75 Å². The number of hydrogen-bond donors (Lipinski definition) is 1. The average Bonchev–Trinajstić information content (AvgIpc) is 2.66. The van der Waals surface area contributed by atoms with Crippen LogP contribution in [0.25, 0.3) is 0 Å². The standard InChI is InChI=1S/C21H25Cl2NO3S/c1-4-26-19-9-7-16(11-20(19)27-5-2)14(3)24-21(25)13-28-12-15-6-8-17(22)18(23)10-15/h6-11,14H,4-5,12-13H2,1-3H3,(H,24,25)/t14-/m1/s1. The Morgan fingerprint density at radius 3 is 2.43 bits per heavy atom. The number of benzene rings is 2. The maximum absolute atomic E-state index is 12.3. The van der Waals surface area contributed by atoms with E-state index in [1.807, 2.05) is 51.1 Å². The predicted molar refractivity (Wildman–Crippen MR) is 118 cm³/mol. The molecule has 0 saturated carbocycles.